The number of rotatable bonds is 5. The standard InChI is InChI=1S/C14H24N4/c1-2-18(13-6-4-3-5-7-13)11-12-8-9-14(17-15)16-10-12/h8-10,13H,2-7,11,15H2,1H3,(H,16,17). The van der Waals surface area contributed by atoms with E-state index in [1.54, 1.807) is 0 Å². The molecule has 1 saturated carbocycles. The highest BCUT2D eigenvalue weighted by Crippen LogP contribution is 2.23. The Morgan fingerprint density at radius 2 is 2.11 bits per heavy atom. The van der Waals surface area contributed by atoms with Crippen LogP contribution in [0.25, 0.3) is 0 Å². The summed E-state index contributed by atoms with van der Waals surface area (Å²) < 4.78 is 0. The van der Waals surface area contributed by atoms with E-state index in [9.17, 15) is 0 Å². The van der Waals surface area contributed by atoms with Crippen LogP contribution in [-0.2, 0) is 6.54 Å². The molecule has 18 heavy (non-hydrogen) atoms. The molecule has 0 unspecified atom stereocenters. The van der Waals surface area contributed by atoms with Gasteiger partial charge in [0.15, 0.2) is 0 Å². The quantitative estimate of drug-likeness (QED) is 0.621. The lowest BCUT2D eigenvalue weighted by Gasteiger charge is -2.33. The Kier molecular flexibility index (Phi) is 4.96. The fraction of sp³-hybridized carbons (Fsp3) is 0.643. The lowest BCUT2D eigenvalue weighted by atomic mass is 9.94. The van der Waals surface area contributed by atoms with Gasteiger partial charge in [0.2, 0.25) is 0 Å². The Morgan fingerprint density at radius 3 is 2.67 bits per heavy atom. The SMILES string of the molecule is CCN(Cc1ccc(NN)nc1)C1CCCCC1. The van der Waals surface area contributed by atoms with Gasteiger partial charge in [0.1, 0.15) is 5.82 Å². The third-order valence-electron chi connectivity index (χ3n) is 3.86. The molecule has 1 aliphatic carbocycles. The number of hydrazine groups is 1. The molecule has 3 N–H and O–H groups in total. The highest BCUT2D eigenvalue weighted by atomic mass is 15.2. The molecule has 100 valence electrons. The van der Waals surface area contributed by atoms with Crippen LogP contribution in [0.3, 0.4) is 0 Å². The molecule has 0 bridgehead atoms. The van der Waals surface area contributed by atoms with E-state index < -0.39 is 0 Å². The first-order valence-electron chi connectivity index (χ1n) is 6.99. The number of anilines is 1. The summed E-state index contributed by atoms with van der Waals surface area (Å²) in [5, 5.41) is 0. The van der Waals surface area contributed by atoms with Crippen molar-refractivity contribution in [3.05, 3.63) is 23.9 Å². The van der Waals surface area contributed by atoms with Crippen LogP contribution >= 0.6 is 0 Å². The number of aromatic nitrogens is 1. The summed E-state index contributed by atoms with van der Waals surface area (Å²) in [5.74, 6) is 6.04. The van der Waals surface area contributed by atoms with Crippen molar-refractivity contribution in [2.75, 3.05) is 12.0 Å². The summed E-state index contributed by atoms with van der Waals surface area (Å²) in [6, 6.07) is 4.80. The van der Waals surface area contributed by atoms with E-state index >= 15 is 0 Å². The zero-order chi connectivity index (χ0) is 12.8. The summed E-state index contributed by atoms with van der Waals surface area (Å²) in [4.78, 5) is 6.84. The fourth-order valence-electron chi connectivity index (χ4n) is 2.78. The van der Waals surface area contributed by atoms with Crippen molar-refractivity contribution in [2.24, 2.45) is 5.84 Å². The van der Waals surface area contributed by atoms with Crippen LogP contribution in [0.5, 0.6) is 0 Å². The van der Waals surface area contributed by atoms with Gasteiger partial charge in [0.05, 0.1) is 0 Å². The Bertz CT molecular complexity index is 343. The van der Waals surface area contributed by atoms with Crippen LogP contribution in [0, 0.1) is 0 Å². The predicted molar refractivity (Wildman–Crippen MR) is 75.0 cm³/mol. The predicted octanol–water partition coefficient (Wildman–Crippen LogP) is 2.52. The number of nitrogen functional groups attached to an aromatic ring is 1. The largest absolute Gasteiger partial charge is 0.308 e. The third kappa shape index (κ3) is 3.43. The molecule has 4 nitrogen and oxygen atoms in total. The molecule has 0 aliphatic heterocycles. The van der Waals surface area contributed by atoms with Gasteiger partial charge in [0.25, 0.3) is 0 Å². The summed E-state index contributed by atoms with van der Waals surface area (Å²) in [5.41, 5.74) is 3.83. The van der Waals surface area contributed by atoms with Crippen molar-refractivity contribution in [2.45, 2.75) is 51.6 Å². The van der Waals surface area contributed by atoms with E-state index in [1.165, 1.54) is 37.7 Å². The van der Waals surface area contributed by atoms with Gasteiger partial charge in [-0.05, 0) is 31.0 Å². The van der Waals surface area contributed by atoms with Crippen LogP contribution in [0.1, 0.15) is 44.6 Å². The minimum absolute atomic E-state index is 0.722. The first kappa shape index (κ1) is 13.3. The van der Waals surface area contributed by atoms with Crippen LogP contribution < -0.4 is 11.3 Å². The summed E-state index contributed by atoms with van der Waals surface area (Å²) in [6.07, 6.45) is 8.80. The van der Waals surface area contributed by atoms with Crippen LogP contribution in [0.4, 0.5) is 5.82 Å². The Labute approximate surface area is 110 Å². The van der Waals surface area contributed by atoms with Crippen molar-refractivity contribution < 1.29 is 0 Å². The Balaban J connectivity index is 1.95. The molecule has 0 amide bonds. The van der Waals surface area contributed by atoms with Crippen LogP contribution in [-0.4, -0.2) is 22.5 Å². The lowest BCUT2D eigenvalue weighted by Crippen LogP contribution is -2.36. The molecule has 4 heteroatoms. The van der Waals surface area contributed by atoms with Crippen molar-refractivity contribution in [1.29, 1.82) is 0 Å². The van der Waals surface area contributed by atoms with Crippen molar-refractivity contribution in [3.63, 3.8) is 0 Å². The molecular weight excluding hydrogens is 224 g/mol. The minimum Gasteiger partial charge on any atom is -0.308 e. The number of nitrogens with two attached hydrogens (primary N) is 1. The zero-order valence-electron chi connectivity index (χ0n) is 11.2. The average Bonchev–Trinajstić information content (AvgIpc) is 2.46. The maximum Gasteiger partial charge on any atom is 0.139 e. The molecule has 1 heterocycles. The molecule has 1 aliphatic rings. The van der Waals surface area contributed by atoms with E-state index in [0.717, 1.165) is 24.9 Å². The van der Waals surface area contributed by atoms with Gasteiger partial charge >= 0.3 is 0 Å². The molecule has 1 aromatic rings. The molecule has 2 rings (SSSR count). The topological polar surface area (TPSA) is 54.2 Å². The summed E-state index contributed by atoms with van der Waals surface area (Å²) in [7, 11) is 0. The number of hydrogen-bond donors (Lipinski definition) is 2. The smallest absolute Gasteiger partial charge is 0.139 e. The molecule has 0 saturated heterocycles. The van der Waals surface area contributed by atoms with Gasteiger partial charge in [-0.25, -0.2) is 10.8 Å². The van der Waals surface area contributed by atoms with E-state index in [4.69, 9.17) is 5.84 Å². The number of nitrogens with one attached hydrogen (secondary N) is 1. The molecular formula is C14H24N4. The fourth-order valence-corrected chi connectivity index (χ4v) is 2.78. The number of nitrogens with zero attached hydrogens (tertiary/aromatic N) is 2. The van der Waals surface area contributed by atoms with E-state index in [0.29, 0.717) is 0 Å². The van der Waals surface area contributed by atoms with Gasteiger partial charge in [-0.1, -0.05) is 32.3 Å². The second kappa shape index (κ2) is 6.71. The molecule has 1 aromatic heterocycles. The molecule has 0 radical (unpaired) electrons. The van der Waals surface area contributed by atoms with Crippen LogP contribution in [0.15, 0.2) is 18.3 Å². The average molecular weight is 248 g/mol. The van der Waals surface area contributed by atoms with E-state index in [2.05, 4.69) is 28.3 Å². The molecule has 0 aromatic carbocycles. The van der Waals surface area contributed by atoms with Crippen molar-refractivity contribution in [1.82, 2.24) is 9.88 Å². The van der Waals surface area contributed by atoms with Gasteiger partial charge in [-0.2, -0.15) is 0 Å². The summed E-state index contributed by atoms with van der Waals surface area (Å²) in [6.45, 7) is 4.36. The lowest BCUT2D eigenvalue weighted by molar-refractivity contribution is 0.156. The van der Waals surface area contributed by atoms with Gasteiger partial charge < -0.3 is 5.43 Å². The normalized spacial score (nSPS) is 17.1. The second-order valence-electron chi connectivity index (χ2n) is 5.05. The minimum atomic E-state index is 0.722. The van der Waals surface area contributed by atoms with Gasteiger partial charge in [-0.15, -0.1) is 0 Å². The molecule has 0 atom stereocenters. The molecule has 1 fully saturated rings. The first-order chi connectivity index (χ1) is 8.83. The van der Waals surface area contributed by atoms with Crippen molar-refractivity contribution >= 4 is 5.82 Å². The second-order valence-corrected chi connectivity index (χ2v) is 5.05. The Hall–Kier alpha value is -1.13. The van der Waals surface area contributed by atoms with Gasteiger partial charge in [-0.3, -0.25) is 4.90 Å². The highest BCUT2D eigenvalue weighted by Gasteiger charge is 2.19. The maximum absolute atomic E-state index is 5.32. The number of hydrogen-bond acceptors (Lipinski definition) is 4. The Morgan fingerprint density at radius 1 is 1.33 bits per heavy atom. The molecule has 0 spiro atoms. The van der Waals surface area contributed by atoms with Crippen molar-refractivity contribution in [3.8, 4) is 0 Å². The van der Waals surface area contributed by atoms with Gasteiger partial charge in [0, 0.05) is 18.8 Å². The first-order valence-corrected chi connectivity index (χ1v) is 6.99. The monoisotopic (exact) mass is 248 g/mol. The van der Waals surface area contributed by atoms with E-state index in [1.807, 2.05) is 12.3 Å². The number of pyridine rings is 1. The zero-order valence-corrected chi connectivity index (χ0v) is 11.2. The summed E-state index contributed by atoms with van der Waals surface area (Å²) >= 11 is 0. The third-order valence-corrected chi connectivity index (χ3v) is 3.86. The van der Waals surface area contributed by atoms with E-state index in [-0.39, 0.29) is 0 Å². The highest BCUT2D eigenvalue weighted by molar-refractivity contribution is 5.33. The van der Waals surface area contributed by atoms with Crippen LogP contribution in [0.2, 0.25) is 0 Å². The maximum atomic E-state index is 5.32.